The molecule has 0 saturated heterocycles. The third kappa shape index (κ3) is 5.92. The highest BCUT2D eigenvalue weighted by molar-refractivity contribution is 6.24. The van der Waals surface area contributed by atoms with E-state index in [4.69, 9.17) is 9.97 Å². The lowest BCUT2D eigenvalue weighted by Crippen LogP contribution is -2.55. The Morgan fingerprint density at radius 1 is 0.314 bits per heavy atom. The second-order valence-corrected chi connectivity index (χ2v) is 20.8. The Hall–Kier alpha value is -7.94. The number of rotatable bonds is 6. The van der Waals surface area contributed by atoms with Crippen LogP contribution in [0.3, 0.4) is 0 Å². The van der Waals surface area contributed by atoms with Crippen LogP contribution in [0.25, 0.3) is 111 Å². The van der Waals surface area contributed by atoms with Gasteiger partial charge in [-0.25, -0.2) is 9.97 Å². The molecular formula is C68H50N2. The SMILES string of the molecule is c1ccc(-c2cccc(-c3cc(-c4ccccc4-c4c5ccccc5c(-c5cccc6c5-c5cc7ccccc7cc5C65C6CC7CC(C6)CC5C7)c5ccccc45)nc(-c4ccccc4)n3)c2)cc1. The Bertz CT molecular complexity index is 3820. The summed E-state index contributed by atoms with van der Waals surface area (Å²) in [4.78, 5) is 10.7. The van der Waals surface area contributed by atoms with Gasteiger partial charge in [0, 0.05) is 22.1 Å². The molecule has 5 aliphatic carbocycles. The van der Waals surface area contributed by atoms with Crippen LogP contribution in [0.4, 0.5) is 0 Å². The lowest BCUT2D eigenvalue weighted by Gasteiger charge is -2.61. The van der Waals surface area contributed by atoms with Crippen molar-refractivity contribution in [1.82, 2.24) is 9.97 Å². The van der Waals surface area contributed by atoms with E-state index < -0.39 is 0 Å². The zero-order valence-electron chi connectivity index (χ0n) is 39.0. The van der Waals surface area contributed by atoms with Gasteiger partial charge in [0.25, 0.3) is 0 Å². The van der Waals surface area contributed by atoms with Gasteiger partial charge in [-0.05, 0) is 168 Å². The Labute approximate surface area is 409 Å². The summed E-state index contributed by atoms with van der Waals surface area (Å²) in [6.45, 7) is 0. The van der Waals surface area contributed by atoms with Crippen molar-refractivity contribution in [1.29, 1.82) is 0 Å². The summed E-state index contributed by atoms with van der Waals surface area (Å²) >= 11 is 0. The first kappa shape index (κ1) is 40.0. The van der Waals surface area contributed by atoms with Crippen LogP contribution >= 0.6 is 0 Å². The molecule has 1 heterocycles. The highest BCUT2D eigenvalue weighted by Gasteiger charge is 2.62. The van der Waals surface area contributed by atoms with E-state index in [0.717, 1.165) is 51.0 Å². The van der Waals surface area contributed by atoms with Gasteiger partial charge in [0.1, 0.15) is 0 Å². The molecule has 1 aromatic heterocycles. The van der Waals surface area contributed by atoms with Crippen molar-refractivity contribution >= 4 is 32.3 Å². The molecule has 11 aromatic rings. The van der Waals surface area contributed by atoms with Gasteiger partial charge >= 0.3 is 0 Å². The second kappa shape index (κ2) is 15.5. The van der Waals surface area contributed by atoms with Gasteiger partial charge < -0.3 is 0 Å². The summed E-state index contributed by atoms with van der Waals surface area (Å²) in [5.41, 5.74) is 18.5. The maximum absolute atomic E-state index is 5.44. The molecule has 4 bridgehead atoms. The van der Waals surface area contributed by atoms with Gasteiger partial charge in [-0.3, -0.25) is 0 Å². The largest absolute Gasteiger partial charge is 0.228 e. The van der Waals surface area contributed by atoms with Crippen LogP contribution in [-0.4, -0.2) is 9.97 Å². The van der Waals surface area contributed by atoms with Crippen LogP contribution in [-0.2, 0) is 5.41 Å². The van der Waals surface area contributed by atoms with Gasteiger partial charge in [-0.1, -0.05) is 194 Å². The van der Waals surface area contributed by atoms with Gasteiger partial charge in [0.15, 0.2) is 5.82 Å². The minimum absolute atomic E-state index is 0.0560. The van der Waals surface area contributed by atoms with Crippen LogP contribution in [0, 0.1) is 23.7 Å². The van der Waals surface area contributed by atoms with Crippen molar-refractivity contribution in [3.8, 4) is 78.4 Å². The molecule has 332 valence electrons. The maximum atomic E-state index is 5.44. The monoisotopic (exact) mass is 894 g/mol. The number of fused-ring (bicyclic) bond motifs is 6. The predicted octanol–water partition coefficient (Wildman–Crippen LogP) is 17.7. The average Bonchev–Trinajstić information content (AvgIpc) is 3.72. The van der Waals surface area contributed by atoms with Crippen molar-refractivity contribution in [3.05, 3.63) is 230 Å². The summed E-state index contributed by atoms with van der Waals surface area (Å²) in [7, 11) is 0. The van der Waals surface area contributed by atoms with E-state index in [-0.39, 0.29) is 5.41 Å². The lowest BCUT2D eigenvalue weighted by molar-refractivity contribution is -0.0398. The second-order valence-electron chi connectivity index (χ2n) is 20.8. The van der Waals surface area contributed by atoms with Crippen molar-refractivity contribution in [2.45, 2.75) is 37.5 Å². The summed E-state index contributed by atoms with van der Waals surface area (Å²) < 4.78 is 0. The van der Waals surface area contributed by atoms with E-state index in [9.17, 15) is 0 Å². The molecule has 0 unspecified atom stereocenters. The summed E-state index contributed by atoms with van der Waals surface area (Å²) in [5.74, 6) is 3.85. The lowest BCUT2D eigenvalue weighted by atomic mass is 9.43. The molecular weight excluding hydrogens is 845 g/mol. The number of nitrogens with zero attached hydrogens (tertiary/aromatic N) is 2. The fourth-order valence-corrected chi connectivity index (χ4v) is 14.7. The standard InChI is InChI=1S/C68H50N2/c1-3-17-44(18-4-1)46-23-15-24-49(38-46)62-41-63(70-67(69-62)45-19-5-2-6-20-45)52-25-9-10-26-53(52)64-54-27-11-13-29-56(54)65(57-30-14-12-28-55(57)64)58-31-16-32-60-66(58)59-39-47-21-7-8-22-48(47)40-61(59)68(60)50-34-42-33-43(36-50)37-51(68)35-42/h1-32,38-43,50-51H,33-37H2. The number of aromatic nitrogens is 2. The van der Waals surface area contributed by atoms with Crippen LogP contribution < -0.4 is 0 Å². The Balaban J connectivity index is 0.964. The molecule has 0 atom stereocenters. The summed E-state index contributed by atoms with van der Waals surface area (Å²) in [6.07, 6.45) is 6.91. The first-order valence-corrected chi connectivity index (χ1v) is 25.5. The van der Waals surface area contributed by atoms with Crippen molar-refractivity contribution in [2.75, 3.05) is 0 Å². The average molecular weight is 895 g/mol. The molecule has 0 radical (unpaired) electrons. The first-order valence-electron chi connectivity index (χ1n) is 25.5. The zero-order chi connectivity index (χ0) is 45.9. The molecule has 5 aliphatic rings. The van der Waals surface area contributed by atoms with Gasteiger partial charge in [-0.2, -0.15) is 0 Å². The van der Waals surface area contributed by atoms with E-state index in [1.54, 1.807) is 11.1 Å². The fraction of sp³-hybridized carbons (Fsp3) is 0.147. The minimum atomic E-state index is 0.0560. The minimum Gasteiger partial charge on any atom is -0.228 e. The molecule has 0 N–H and O–H groups in total. The molecule has 16 rings (SSSR count). The number of hydrogen-bond donors (Lipinski definition) is 0. The fourth-order valence-electron chi connectivity index (χ4n) is 14.7. The summed E-state index contributed by atoms with van der Waals surface area (Å²) in [5, 5.41) is 7.75. The number of hydrogen-bond acceptors (Lipinski definition) is 2. The van der Waals surface area contributed by atoms with E-state index in [0.29, 0.717) is 17.7 Å². The molecule has 1 spiro atoms. The van der Waals surface area contributed by atoms with Gasteiger partial charge in [-0.15, -0.1) is 0 Å². The predicted molar refractivity (Wildman–Crippen MR) is 290 cm³/mol. The first-order chi connectivity index (χ1) is 34.7. The third-order valence-corrected chi connectivity index (χ3v) is 17.2. The van der Waals surface area contributed by atoms with Gasteiger partial charge in [0.2, 0.25) is 0 Å². The van der Waals surface area contributed by atoms with Crippen molar-refractivity contribution in [2.24, 2.45) is 23.7 Å². The van der Waals surface area contributed by atoms with Crippen LogP contribution in [0.15, 0.2) is 218 Å². The quantitative estimate of drug-likeness (QED) is 0.155. The molecule has 2 heteroatoms. The molecule has 70 heavy (non-hydrogen) atoms. The van der Waals surface area contributed by atoms with E-state index in [1.807, 2.05) is 0 Å². The Morgan fingerprint density at radius 3 is 1.49 bits per heavy atom. The molecule has 4 saturated carbocycles. The van der Waals surface area contributed by atoms with E-state index in [1.165, 1.54) is 97.8 Å². The maximum Gasteiger partial charge on any atom is 0.160 e. The zero-order valence-corrected chi connectivity index (χ0v) is 39.0. The van der Waals surface area contributed by atoms with Crippen molar-refractivity contribution < 1.29 is 0 Å². The highest BCUT2D eigenvalue weighted by Crippen LogP contribution is 2.70. The van der Waals surface area contributed by atoms with E-state index in [2.05, 4.69) is 218 Å². The third-order valence-electron chi connectivity index (χ3n) is 17.2. The molecule has 0 aliphatic heterocycles. The normalized spacial score (nSPS) is 20.6. The Kier molecular flexibility index (Phi) is 8.88. The van der Waals surface area contributed by atoms with Crippen LogP contribution in [0.1, 0.15) is 43.2 Å². The topological polar surface area (TPSA) is 25.8 Å². The van der Waals surface area contributed by atoms with Gasteiger partial charge in [0.05, 0.1) is 11.4 Å². The molecule has 2 nitrogen and oxygen atoms in total. The number of benzene rings is 10. The van der Waals surface area contributed by atoms with Crippen LogP contribution in [0.2, 0.25) is 0 Å². The smallest absolute Gasteiger partial charge is 0.160 e. The molecule has 4 fully saturated rings. The Morgan fingerprint density at radius 2 is 0.814 bits per heavy atom. The van der Waals surface area contributed by atoms with Crippen molar-refractivity contribution in [3.63, 3.8) is 0 Å². The molecule has 0 amide bonds. The molecule has 10 aromatic carbocycles. The van der Waals surface area contributed by atoms with Crippen LogP contribution in [0.5, 0.6) is 0 Å². The highest BCUT2D eigenvalue weighted by atomic mass is 14.9. The summed E-state index contributed by atoms with van der Waals surface area (Å²) in [6, 6.07) is 81.0. The van der Waals surface area contributed by atoms with E-state index >= 15 is 0 Å².